The molecule has 0 saturated carbocycles. The lowest BCUT2D eigenvalue weighted by Gasteiger charge is -2.41. The molecule has 4 aliphatic heterocycles. The number of imide groups is 1. The van der Waals surface area contributed by atoms with E-state index in [1.54, 1.807) is 28.1 Å². The number of phenolic OH excluding ortho intramolecular Hbond substituents is 1. The molecule has 0 spiro atoms. The number of hydrogen-bond acceptors (Lipinski definition) is 10. The molecule has 0 radical (unpaired) electrons. The standard InChI is InChI=1S/C46H53FN10O4/c1-29-22-31(9-10-35(29)32-6-5-16-55(27-32)39-24-38(51-52-42(39)48)36-7-3-4-8-40(36)58)44(60)54-20-14-46(47,15-21-54)28-53-17-11-33(12-18-53)57-26-30(2)37-23-34(25-49-43(37)57)56-19-13-41(59)50-45(56)61/h3-4,7-10,22-26,32-33,58H,5-6,11-21,27-28H2,1-2H3,(H2,48,52)(H,50,59,61)/t32-/m0/s1. The summed E-state index contributed by atoms with van der Waals surface area (Å²) in [4.78, 5) is 50.4. The lowest BCUT2D eigenvalue weighted by molar-refractivity contribution is -0.120. The number of para-hydroxylation sites is 1. The van der Waals surface area contributed by atoms with E-state index in [0.717, 1.165) is 79.7 Å². The molecular formula is C46H53FN10O4. The first kappa shape index (κ1) is 40.3. The van der Waals surface area contributed by atoms with E-state index in [1.807, 2.05) is 43.3 Å². The summed E-state index contributed by atoms with van der Waals surface area (Å²) in [6.07, 6.45) is 8.40. The van der Waals surface area contributed by atoms with E-state index in [4.69, 9.17) is 10.7 Å². The number of likely N-dealkylation sites (tertiary alicyclic amines) is 2. The molecule has 7 heterocycles. The van der Waals surface area contributed by atoms with Gasteiger partial charge >= 0.3 is 6.03 Å². The average Bonchev–Trinajstić information content (AvgIpc) is 3.59. The minimum atomic E-state index is -1.35. The number of nitrogen functional groups attached to an aromatic ring is 1. The van der Waals surface area contributed by atoms with Crippen LogP contribution in [0.1, 0.15) is 84.0 Å². The number of piperidine rings is 3. The van der Waals surface area contributed by atoms with Crippen molar-refractivity contribution in [3.8, 4) is 17.0 Å². The Morgan fingerprint density at radius 1 is 0.951 bits per heavy atom. The van der Waals surface area contributed by atoms with Gasteiger partial charge in [-0.1, -0.05) is 18.2 Å². The van der Waals surface area contributed by atoms with Crippen LogP contribution in [0.25, 0.3) is 22.3 Å². The third-order valence-electron chi connectivity index (χ3n) is 13.3. The number of aromatic nitrogens is 4. The Balaban J connectivity index is 0.781. The number of amides is 4. The molecule has 2 aromatic carbocycles. The zero-order valence-electron chi connectivity index (χ0n) is 34.8. The van der Waals surface area contributed by atoms with Gasteiger partial charge < -0.3 is 30.1 Å². The maximum atomic E-state index is 16.4. The van der Waals surface area contributed by atoms with E-state index in [9.17, 15) is 19.5 Å². The van der Waals surface area contributed by atoms with E-state index >= 15 is 4.39 Å². The SMILES string of the molecule is Cc1cc(C(=O)N2CCC(F)(CN3CCC(n4cc(C)c5cc(N6CCC(=O)NC6=O)cnc54)CC3)CC2)ccc1[C@H]1CCCN(c2cc(-c3ccccc3O)nnc2N)C1. The molecule has 4 N–H and O–H groups in total. The highest BCUT2D eigenvalue weighted by Gasteiger charge is 2.39. The van der Waals surface area contributed by atoms with Crippen LogP contribution < -0.4 is 20.9 Å². The van der Waals surface area contributed by atoms with Crippen LogP contribution in [0, 0.1) is 13.8 Å². The van der Waals surface area contributed by atoms with Gasteiger partial charge in [-0.2, -0.15) is 0 Å². The van der Waals surface area contributed by atoms with Crippen molar-refractivity contribution in [1.82, 2.24) is 34.9 Å². The topological polar surface area (TPSA) is 166 Å². The molecule has 0 unspecified atom stereocenters. The molecule has 5 aromatic rings. The molecule has 318 valence electrons. The molecule has 0 bridgehead atoms. The number of hydrogen-bond donors (Lipinski definition) is 3. The van der Waals surface area contributed by atoms with Crippen LogP contribution in [0.4, 0.5) is 26.4 Å². The van der Waals surface area contributed by atoms with E-state index in [-0.39, 0.29) is 35.9 Å². The number of halogens is 1. The van der Waals surface area contributed by atoms with Crippen molar-refractivity contribution in [2.24, 2.45) is 0 Å². The highest BCUT2D eigenvalue weighted by atomic mass is 19.1. The molecule has 4 saturated heterocycles. The average molecular weight is 829 g/mol. The maximum Gasteiger partial charge on any atom is 0.328 e. The molecule has 0 aliphatic carbocycles. The number of carbonyl (C=O) groups is 3. The highest BCUT2D eigenvalue weighted by Crippen LogP contribution is 2.38. The number of urea groups is 1. The number of nitrogens with one attached hydrogen (secondary N) is 1. The van der Waals surface area contributed by atoms with Gasteiger partial charge in [0.25, 0.3) is 5.91 Å². The second-order valence-electron chi connectivity index (χ2n) is 17.4. The summed E-state index contributed by atoms with van der Waals surface area (Å²) in [5.41, 5.74) is 12.4. The van der Waals surface area contributed by atoms with Crippen molar-refractivity contribution < 1.29 is 23.9 Å². The third kappa shape index (κ3) is 8.10. The van der Waals surface area contributed by atoms with E-state index in [0.29, 0.717) is 67.3 Å². The maximum absolute atomic E-state index is 16.4. The number of anilines is 3. The third-order valence-corrected chi connectivity index (χ3v) is 13.3. The number of fused-ring (bicyclic) bond motifs is 1. The lowest BCUT2D eigenvalue weighted by atomic mass is 9.86. The van der Waals surface area contributed by atoms with Crippen molar-refractivity contribution in [2.75, 3.05) is 67.9 Å². The number of benzene rings is 2. The zero-order valence-corrected chi connectivity index (χ0v) is 34.8. The molecule has 1 atom stereocenters. The summed E-state index contributed by atoms with van der Waals surface area (Å²) in [6.45, 7) is 8.65. The van der Waals surface area contributed by atoms with E-state index in [1.165, 1.54) is 5.56 Å². The minimum Gasteiger partial charge on any atom is -0.507 e. The van der Waals surface area contributed by atoms with Crippen LogP contribution in [0.15, 0.2) is 67.0 Å². The Labute approximate surface area is 354 Å². The monoisotopic (exact) mass is 828 g/mol. The fourth-order valence-corrected chi connectivity index (χ4v) is 9.91. The van der Waals surface area contributed by atoms with Gasteiger partial charge in [-0.05, 0) is 92.6 Å². The van der Waals surface area contributed by atoms with Crippen LogP contribution in [-0.2, 0) is 4.79 Å². The molecule has 14 nitrogen and oxygen atoms in total. The van der Waals surface area contributed by atoms with Crippen molar-refractivity contribution >= 4 is 46.1 Å². The summed E-state index contributed by atoms with van der Waals surface area (Å²) in [5, 5.41) is 22.2. The van der Waals surface area contributed by atoms with Gasteiger partial charge in [0.2, 0.25) is 5.91 Å². The quantitative estimate of drug-likeness (QED) is 0.157. The highest BCUT2D eigenvalue weighted by molar-refractivity contribution is 6.06. The van der Waals surface area contributed by atoms with E-state index in [2.05, 4.69) is 49.1 Å². The first-order valence-corrected chi connectivity index (χ1v) is 21.5. The Hall–Kier alpha value is -6.09. The van der Waals surface area contributed by atoms with Crippen molar-refractivity contribution in [3.63, 3.8) is 0 Å². The first-order valence-electron chi connectivity index (χ1n) is 21.5. The van der Waals surface area contributed by atoms with Gasteiger partial charge in [-0.3, -0.25) is 19.8 Å². The molecule has 4 fully saturated rings. The summed E-state index contributed by atoms with van der Waals surface area (Å²) >= 11 is 0. The number of rotatable bonds is 8. The van der Waals surface area contributed by atoms with Gasteiger partial charge in [0.1, 0.15) is 17.1 Å². The fraction of sp³-hybridized carbons (Fsp3) is 0.435. The molecular weight excluding hydrogens is 776 g/mol. The van der Waals surface area contributed by atoms with Gasteiger partial charge in [0.05, 0.1) is 23.3 Å². The molecule has 4 aliphatic rings. The summed E-state index contributed by atoms with van der Waals surface area (Å²) in [7, 11) is 0. The number of aryl methyl sites for hydroxylation is 2. The molecule has 61 heavy (non-hydrogen) atoms. The van der Waals surface area contributed by atoms with Gasteiger partial charge in [0, 0.05) is 106 Å². The van der Waals surface area contributed by atoms with Crippen LogP contribution >= 0.6 is 0 Å². The van der Waals surface area contributed by atoms with Crippen molar-refractivity contribution in [3.05, 3.63) is 89.2 Å². The second kappa shape index (κ2) is 16.4. The van der Waals surface area contributed by atoms with Crippen LogP contribution in [0.2, 0.25) is 0 Å². The number of nitrogens with zero attached hydrogens (tertiary/aromatic N) is 8. The fourth-order valence-electron chi connectivity index (χ4n) is 9.91. The van der Waals surface area contributed by atoms with Crippen molar-refractivity contribution in [2.45, 2.75) is 76.4 Å². The molecule has 3 aromatic heterocycles. The Morgan fingerprint density at radius 2 is 1.74 bits per heavy atom. The lowest BCUT2D eigenvalue weighted by Crippen LogP contribution is -2.51. The van der Waals surface area contributed by atoms with E-state index < -0.39 is 11.7 Å². The Bertz CT molecular complexity index is 2490. The molecule has 4 amide bonds. The number of nitrogens with two attached hydrogens (primary N) is 1. The summed E-state index contributed by atoms with van der Waals surface area (Å²) in [6, 6.07) is 16.7. The number of pyridine rings is 1. The van der Waals surface area contributed by atoms with Gasteiger partial charge in [0.15, 0.2) is 5.82 Å². The zero-order chi connectivity index (χ0) is 42.4. The smallest absolute Gasteiger partial charge is 0.328 e. The van der Waals surface area contributed by atoms with Crippen LogP contribution in [0.5, 0.6) is 5.75 Å². The largest absolute Gasteiger partial charge is 0.507 e. The Kier molecular flexibility index (Phi) is 10.8. The minimum absolute atomic E-state index is 0.0561. The predicted molar refractivity (Wildman–Crippen MR) is 233 cm³/mol. The number of alkyl halides is 1. The molecule has 9 rings (SSSR count). The summed E-state index contributed by atoms with van der Waals surface area (Å²) in [5.74, 6) is 0.389. The molecule has 15 heteroatoms. The van der Waals surface area contributed by atoms with Gasteiger partial charge in [-0.25, -0.2) is 14.2 Å². The van der Waals surface area contributed by atoms with Crippen LogP contribution in [-0.4, -0.2) is 111 Å². The normalized spacial score (nSPS) is 20.3. The second-order valence-corrected chi connectivity index (χ2v) is 17.4. The number of carbonyl (C=O) groups excluding carboxylic acids is 3. The predicted octanol–water partition coefficient (Wildman–Crippen LogP) is 6.51. The number of aromatic hydroxyl groups is 1. The van der Waals surface area contributed by atoms with Crippen LogP contribution in [0.3, 0.4) is 0 Å². The number of phenols is 1. The summed E-state index contributed by atoms with van der Waals surface area (Å²) < 4.78 is 18.6. The van der Waals surface area contributed by atoms with Crippen molar-refractivity contribution in [1.29, 1.82) is 0 Å². The van der Waals surface area contributed by atoms with Gasteiger partial charge in [-0.15, -0.1) is 10.2 Å². The Morgan fingerprint density at radius 3 is 2.49 bits per heavy atom. The first-order chi connectivity index (χ1) is 29.4.